The highest BCUT2D eigenvalue weighted by Crippen LogP contribution is 2.24. The van der Waals surface area contributed by atoms with Crippen LogP contribution in [0.3, 0.4) is 0 Å². The molecule has 3 nitrogen and oxygen atoms in total. The lowest BCUT2D eigenvalue weighted by Gasteiger charge is -2.02. The van der Waals surface area contributed by atoms with Gasteiger partial charge < -0.3 is 11.1 Å². The molecule has 1 aromatic rings. The van der Waals surface area contributed by atoms with Crippen molar-refractivity contribution in [3.63, 3.8) is 0 Å². The molecule has 0 unspecified atom stereocenters. The maximum absolute atomic E-state index is 5.62. The van der Waals surface area contributed by atoms with Crippen LogP contribution in [0.15, 0.2) is 0 Å². The molecule has 76 valence electrons. The lowest BCUT2D eigenvalue weighted by atomic mass is 10.3. The molecule has 0 saturated carbocycles. The molecule has 0 atom stereocenters. The van der Waals surface area contributed by atoms with Gasteiger partial charge in [-0.1, -0.05) is 5.92 Å². The Morgan fingerprint density at radius 1 is 1.71 bits per heavy atom. The fourth-order valence-electron chi connectivity index (χ4n) is 0.881. The van der Waals surface area contributed by atoms with Crippen LogP contribution in [0.4, 0.5) is 10.8 Å². The highest BCUT2D eigenvalue weighted by Gasteiger charge is 2.04. The molecule has 0 spiro atoms. The zero-order valence-electron chi connectivity index (χ0n) is 8.04. The number of nitrogen functional groups attached to an aromatic ring is 1. The van der Waals surface area contributed by atoms with Gasteiger partial charge in [-0.25, -0.2) is 0 Å². The molecule has 0 saturated heterocycles. The number of aromatic nitrogens is 1. The Morgan fingerprint density at radius 2 is 2.50 bits per heavy atom. The van der Waals surface area contributed by atoms with E-state index in [1.165, 1.54) is 11.5 Å². The second-order valence-corrected chi connectivity index (χ2v) is 4.58. The van der Waals surface area contributed by atoms with E-state index in [0.717, 1.165) is 28.6 Å². The summed E-state index contributed by atoms with van der Waals surface area (Å²) in [5.41, 5.74) is 6.66. The lowest BCUT2D eigenvalue weighted by molar-refractivity contribution is 1.23. The van der Waals surface area contributed by atoms with Gasteiger partial charge >= 0.3 is 0 Å². The van der Waals surface area contributed by atoms with E-state index in [9.17, 15) is 0 Å². The summed E-state index contributed by atoms with van der Waals surface area (Å²) >= 11 is 3.14. The predicted molar refractivity (Wildman–Crippen MR) is 65.9 cm³/mol. The van der Waals surface area contributed by atoms with Gasteiger partial charge in [0.1, 0.15) is 10.8 Å². The van der Waals surface area contributed by atoms with Gasteiger partial charge in [0.25, 0.3) is 0 Å². The van der Waals surface area contributed by atoms with Crippen LogP contribution >= 0.6 is 23.3 Å². The summed E-state index contributed by atoms with van der Waals surface area (Å²) in [5, 5.41) is 4.34. The second kappa shape index (κ2) is 5.78. The fraction of sp³-hybridized carbons (Fsp3) is 0.444. The number of rotatable bonds is 5. The van der Waals surface area contributed by atoms with Gasteiger partial charge in [0.15, 0.2) is 0 Å². The summed E-state index contributed by atoms with van der Waals surface area (Å²) in [7, 11) is 0. The maximum Gasteiger partial charge on any atom is 0.142 e. The van der Waals surface area contributed by atoms with Crippen LogP contribution in [0.1, 0.15) is 5.56 Å². The van der Waals surface area contributed by atoms with Crippen LogP contribution in [0.25, 0.3) is 0 Å². The molecule has 0 aliphatic carbocycles. The SMILES string of the molecule is C#CCSCCNc1snc(N)c1C. The smallest absolute Gasteiger partial charge is 0.142 e. The van der Waals surface area contributed by atoms with Crippen molar-refractivity contribution in [2.75, 3.05) is 29.1 Å². The first kappa shape index (κ1) is 11.2. The van der Waals surface area contributed by atoms with Gasteiger partial charge in [-0.2, -0.15) is 4.37 Å². The van der Waals surface area contributed by atoms with Gasteiger partial charge in [-0.05, 0) is 18.5 Å². The highest BCUT2D eigenvalue weighted by atomic mass is 32.2. The number of anilines is 2. The van der Waals surface area contributed by atoms with Gasteiger partial charge in [-0.3, -0.25) is 0 Å². The van der Waals surface area contributed by atoms with Crippen LogP contribution < -0.4 is 11.1 Å². The molecule has 0 aliphatic rings. The van der Waals surface area contributed by atoms with Crippen molar-refractivity contribution in [3.05, 3.63) is 5.56 Å². The molecule has 0 aromatic carbocycles. The van der Waals surface area contributed by atoms with Crippen LogP contribution in [0, 0.1) is 19.3 Å². The molecular formula is C9H13N3S2. The second-order valence-electron chi connectivity index (χ2n) is 2.71. The number of terminal acetylenes is 1. The Balaban J connectivity index is 2.25. The number of nitrogens with two attached hydrogens (primary N) is 1. The van der Waals surface area contributed by atoms with Gasteiger partial charge in [-0.15, -0.1) is 18.2 Å². The van der Waals surface area contributed by atoms with E-state index in [-0.39, 0.29) is 0 Å². The first-order valence-corrected chi connectivity index (χ1v) is 6.15. The van der Waals surface area contributed by atoms with Crippen molar-refractivity contribution in [1.82, 2.24) is 4.37 Å². The van der Waals surface area contributed by atoms with Crippen molar-refractivity contribution in [3.8, 4) is 12.3 Å². The third kappa shape index (κ3) is 3.13. The average molecular weight is 227 g/mol. The summed E-state index contributed by atoms with van der Waals surface area (Å²) in [6.07, 6.45) is 5.13. The quantitative estimate of drug-likeness (QED) is 0.595. The zero-order valence-corrected chi connectivity index (χ0v) is 9.67. The molecule has 0 fully saturated rings. The van der Waals surface area contributed by atoms with E-state index in [2.05, 4.69) is 15.6 Å². The molecule has 0 aliphatic heterocycles. The van der Waals surface area contributed by atoms with Crippen molar-refractivity contribution < 1.29 is 0 Å². The fourth-order valence-corrected chi connectivity index (χ4v) is 2.12. The summed E-state index contributed by atoms with van der Waals surface area (Å²) < 4.78 is 4.05. The van der Waals surface area contributed by atoms with E-state index in [1.54, 1.807) is 11.8 Å². The van der Waals surface area contributed by atoms with Gasteiger partial charge in [0.2, 0.25) is 0 Å². The molecule has 0 amide bonds. The molecule has 0 radical (unpaired) electrons. The van der Waals surface area contributed by atoms with Crippen LogP contribution in [0.2, 0.25) is 0 Å². The van der Waals surface area contributed by atoms with E-state index < -0.39 is 0 Å². The van der Waals surface area contributed by atoms with Crippen LogP contribution in [0.5, 0.6) is 0 Å². The summed E-state index contributed by atoms with van der Waals surface area (Å²) in [6.45, 7) is 2.87. The molecule has 5 heteroatoms. The van der Waals surface area contributed by atoms with E-state index >= 15 is 0 Å². The topological polar surface area (TPSA) is 50.9 Å². The minimum absolute atomic E-state index is 0.619. The summed E-state index contributed by atoms with van der Waals surface area (Å²) in [5.74, 6) is 4.98. The number of hydrogen-bond donors (Lipinski definition) is 2. The number of hydrogen-bond acceptors (Lipinski definition) is 5. The Hall–Kier alpha value is -0.860. The third-order valence-corrected chi connectivity index (χ3v) is 3.46. The Bertz CT molecular complexity index is 327. The molecular weight excluding hydrogens is 214 g/mol. The van der Waals surface area contributed by atoms with Gasteiger partial charge in [0, 0.05) is 17.9 Å². The standard InChI is InChI=1S/C9H13N3S2/c1-3-5-13-6-4-11-9-7(2)8(10)12-14-9/h1,11H,4-6H2,2H3,(H2,10,12). The van der Waals surface area contributed by atoms with Gasteiger partial charge in [0.05, 0.1) is 5.75 Å². The first-order chi connectivity index (χ1) is 6.75. The summed E-state index contributed by atoms with van der Waals surface area (Å²) in [4.78, 5) is 0. The monoisotopic (exact) mass is 227 g/mol. The predicted octanol–water partition coefficient (Wildman–Crippen LogP) is 1.81. The molecule has 14 heavy (non-hydrogen) atoms. The number of nitrogens with zero attached hydrogens (tertiary/aromatic N) is 1. The van der Waals surface area contributed by atoms with E-state index in [1.807, 2.05) is 6.92 Å². The van der Waals surface area contributed by atoms with E-state index in [4.69, 9.17) is 12.2 Å². The first-order valence-electron chi connectivity index (χ1n) is 4.22. The Kier molecular flexibility index (Phi) is 4.63. The van der Waals surface area contributed by atoms with Crippen molar-refractivity contribution >= 4 is 34.1 Å². The van der Waals surface area contributed by atoms with Crippen molar-refractivity contribution in [1.29, 1.82) is 0 Å². The molecule has 1 heterocycles. The van der Waals surface area contributed by atoms with Crippen LogP contribution in [-0.2, 0) is 0 Å². The van der Waals surface area contributed by atoms with Crippen molar-refractivity contribution in [2.45, 2.75) is 6.92 Å². The number of thioether (sulfide) groups is 1. The third-order valence-electron chi connectivity index (χ3n) is 1.68. The minimum Gasteiger partial charge on any atom is -0.383 e. The largest absolute Gasteiger partial charge is 0.383 e. The number of nitrogens with one attached hydrogen (secondary N) is 1. The highest BCUT2D eigenvalue weighted by molar-refractivity contribution is 7.99. The Morgan fingerprint density at radius 3 is 3.07 bits per heavy atom. The lowest BCUT2D eigenvalue weighted by Crippen LogP contribution is -2.04. The normalized spacial score (nSPS) is 9.71. The summed E-state index contributed by atoms with van der Waals surface area (Å²) in [6, 6.07) is 0. The average Bonchev–Trinajstić information content (AvgIpc) is 2.49. The molecule has 0 bridgehead atoms. The minimum atomic E-state index is 0.619. The molecule has 1 rings (SSSR count). The molecule has 3 N–H and O–H groups in total. The molecule has 1 aromatic heterocycles. The zero-order chi connectivity index (χ0) is 10.4. The Labute approximate surface area is 92.6 Å². The van der Waals surface area contributed by atoms with Crippen molar-refractivity contribution in [2.24, 2.45) is 0 Å². The van der Waals surface area contributed by atoms with E-state index in [0.29, 0.717) is 5.82 Å². The maximum atomic E-state index is 5.62. The van der Waals surface area contributed by atoms with Crippen LogP contribution in [-0.4, -0.2) is 22.4 Å².